The van der Waals surface area contributed by atoms with E-state index in [0.717, 1.165) is 39.0 Å². The van der Waals surface area contributed by atoms with Crippen molar-refractivity contribution in [2.45, 2.75) is 55.5 Å². The predicted octanol–water partition coefficient (Wildman–Crippen LogP) is 3.61. The Morgan fingerprint density at radius 3 is 2.55 bits per heavy atom. The minimum absolute atomic E-state index is 0.0160. The van der Waals surface area contributed by atoms with Crippen molar-refractivity contribution in [3.8, 4) is 0 Å². The Morgan fingerprint density at radius 1 is 1.25 bits per heavy atom. The average molecular weight is 311 g/mol. The van der Waals surface area contributed by atoms with E-state index < -0.39 is 12.1 Å². The number of thioether (sulfide) groups is 1. The van der Waals surface area contributed by atoms with Gasteiger partial charge in [-0.15, -0.1) is 0 Å². The Balaban J connectivity index is 1.83. The summed E-state index contributed by atoms with van der Waals surface area (Å²) in [5.41, 5.74) is 0. The Hall–Kier alpha value is 0.0600. The second-order valence-corrected chi connectivity index (χ2v) is 7.26. The maximum absolute atomic E-state index is 12.8. The van der Waals surface area contributed by atoms with Crippen LogP contribution < -0.4 is 5.32 Å². The first-order valence-electron chi connectivity index (χ1n) is 7.38. The van der Waals surface area contributed by atoms with Crippen molar-refractivity contribution in [3.05, 3.63) is 0 Å². The number of nitrogens with one attached hydrogen (secondary N) is 1. The van der Waals surface area contributed by atoms with Crippen LogP contribution in [-0.4, -0.2) is 43.0 Å². The number of hydrogen-bond donors (Lipinski definition) is 1. The second-order valence-electron chi connectivity index (χ2n) is 5.98. The molecule has 1 saturated heterocycles. The van der Waals surface area contributed by atoms with Crippen LogP contribution >= 0.6 is 11.8 Å². The molecule has 0 amide bonds. The summed E-state index contributed by atoms with van der Waals surface area (Å²) < 4.78 is 43.9. The number of ether oxygens (including phenoxy) is 1. The fraction of sp³-hybridized carbons (Fsp3) is 1.00. The van der Waals surface area contributed by atoms with Gasteiger partial charge in [0.1, 0.15) is 0 Å². The van der Waals surface area contributed by atoms with E-state index in [1.54, 1.807) is 0 Å². The van der Waals surface area contributed by atoms with Gasteiger partial charge in [0.2, 0.25) is 0 Å². The van der Waals surface area contributed by atoms with E-state index in [9.17, 15) is 13.2 Å². The number of halogens is 3. The molecular formula is C14H24F3NOS. The van der Waals surface area contributed by atoms with Crippen molar-refractivity contribution < 1.29 is 17.9 Å². The van der Waals surface area contributed by atoms with E-state index in [-0.39, 0.29) is 17.2 Å². The molecule has 2 nitrogen and oxygen atoms in total. The lowest BCUT2D eigenvalue weighted by Crippen LogP contribution is -2.47. The maximum Gasteiger partial charge on any atom is 0.391 e. The molecule has 0 spiro atoms. The van der Waals surface area contributed by atoms with Gasteiger partial charge in [-0.1, -0.05) is 6.42 Å². The van der Waals surface area contributed by atoms with Crippen LogP contribution in [0.3, 0.4) is 0 Å². The lowest BCUT2D eigenvalue weighted by Gasteiger charge is -2.38. The normalized spacial score (nSPS) is 31.2. The molecule has 2 atom stereocenters. The average Bonchev–Trinajstić information content (AvgIpc) is 2.46. The van der Waals surface area contributed by atoms with Crippen LogP contribution in [0.25, 0.3) is 0 Å². The van der Waals surface area contributed by atoms with E-state index in [1.165, 1.54) is 0 Å². The summed E-state index contributed by atoms with van der Waals surface area (Å²) in [6, 6.07) is 0.0160. The van der Waals surface area contributed by atoms with Crippen LogP contribution in [0.5, 0.6) is 0 Å². The summed E-state index contributed by atoms with van der Waals surface area (Å²) in [7, 11) is 0. The predicted molar refractivity (Wildman–Crippen MR) is 76.1 cm³/mol. The van der Waals surface area contributed by atoms with Crippen LogP contribution in [-0.2, 0) is 4.74 Å². The van der Waals surface area contributed by atoms with Gasteiger partial charge in [-0.2, -0.15) is 24.9 Å². The Labute approximate surface area is 123 Å². The summed E-state index contributed by atoms with van der Waals surface area (Å²) >= 11 is 1.82. The van der Waals surface area contributed by atoms with Gasteiger partial charge in [0.25, 0.3) is 0 Å². The molecule has 0 bridgehead atoms. The first-order chi connectivity index (χ1) is 9.45. The molecule has 0 radical (unpaired) electrons. The van der Waals surface area contributed by atoms with Crippen LogP contribution in [0.15, 0.2) is 0 Å². The summed E-state index contributed by atoms with van der Waals surface area (Å²) in [6.45, 7) is 2.32. The van der Waals surface area contributed by atoms with E-state index >= 15 is 0 Å². The molecule has 1 N–H and O–H groups in total. The molecule has 0 aromatic carbocycles. The van der Waals surface area contributed by atoms with Gasteiger partial charge < -0.3 is 10.1 Å². The Bertz CT molecular complexity index is 305. The van der Waals surface area contributed by atoms with E-state index in [2.05, 4.69) is 11.6 Å². The minimum Gasteiger partial charge on any atom is -0.381 e. The van der Waals surface area contributed by atoms with Crippen LogP contribution in [0, 0.1) is 5.92 Å². The topological polar surface area (TPSA) is 21.3 Å². The quantitative estimate of drug-likeness (QED) is 0.857. The van der Waals surface area contributed by atoms with Gasteiger partial charge in [0.15, 0.2) is 0 Å². The molecule has 1 aliphatic carbocycles. The molecule has 2 fully saturated rings. The lowest BCUT2D eigenvalue weighted by molar-refractivity contribution is -0.183. The highest BCUT2D eigenvalue weighted by Crippen LogP contribution is 2.38. The Morgan fingerprint density at radius 2 is 1.95 bits per heavy atom. The summed E-state index contributed by atoms with van der Waals surface area (Å²) in [6.07, 6.45) is 2.11. The highest BCUT2D eigenvalue weighted by Gasteiger charge is 2.42. The number of alkyl halides is 3. The third-order valence-electron chi connectivity index (χ3n) is 4.69. The van der Waals surface area contributed by atoms with Crippen molar-refractivity contribution in [2.24, 2.45) is 5.92 Å². The molecule has 2 rings (SSSR count). The van der Waals surface area contributed by atoms with Crippen molar-refractivity contribution in [1.82, 2.24) is 5.32 Å². The molecular weight excluding hydrogens is 287 g/mol. The highest BCUT2D eigenvalue weighted by molar-refractivity contribution is 8.00. The first-order valence-corrected chi connectivity index (χ1v) is 8.61. The standard InChI is InChI=1S/C14H24F3NOS/c1-20-13(5-7-19-8-6-13)10-18-12-4-2-3-11(9-12)14(15,16)17/h11-12,18H,2-10H2,1H3/t11-,12-/m1/s1. The number of rotatable bonds is 4. The molecule has 1 saturated carbocycles. The van der Waals surface area contributed by atoms with Gasteiger partial charge >= 0.3 is 6.18 Å². The molecule has 20 heavy (non-hydrogen) atoms. The molecule has 2 aliphatic rings. The van der Waals surface area contributed by atoms with Gasteiger partial charge in [-0.3, -0.25) is 0 Å². The molecule has 6 heteroatoms. The lowest BCUT2D eigenvalue weighted by atomic mass is 9.85. The van der Waals surface area contributed by atoms with Crippen molar-refractivity contribution in [1.29, 1.82) is 0 Å². The molecule has 0 aromatic heterocycles. The first kappa shape index (κ1) is 16.4. The zero-order valence-corrected chi connectivity index (χ0v) is 12.8. The monoisotopic (exact) mass is 311 g/mol. The van der Waals surface area contributed by atoms with Crippen molar-refractivity contribution in [3.63, 3.8) is 0 Å². The molecule has 0 unspecified atom stereocenters. The van der Waals surface area contributed by atoms with Gasteiger partial charge in [0.05, 0.1) is 5.92 Å². The van der Waals surface area contributed by atoms with Gasteiger partial charge in [0, 0.05) is 30.5 Å². The minimum atomic E-state index is -4.03. The second kappa shape index (κ2) is 6.88. The van der Waals surface area contributed by atoms with Crippen molar-refractivity contribution >= 4 is 11.8 Å². The third-order valence-corrected chi connectivity index (χ3v) is 6.11. The summed E-state index contributed by atoms with van der Waals surface area (Å²) in [4.78, 5) is 0. The fourth-order valence-electron chi connectivity index (χ4n) is 3.20. The van der Waals surface area contributed by atoms with E-state index in [4.69, 9.17) is 4.74 Å². The smallest absolute Gasteiger partial charge is 0.381 e. The molecule has 1 aliphatic heterocycles. The third kappa shape index (κ3) is 4.28. The van der Waals surface area contributed by atoms with E-state index in [0.29, 0.717) is 12.8 Å². The zero-order valence-electron chi connectivity index (χ0n) is 12.0. The zero-order chi connectivity index (χ0) is 14.6. The van der Waals surface area contributed by atoms with Crippen molar-refractivity contribution in [2.75, 3.05) is 26.0 Å². The molecule has 1 heterocycles. The van der Waals surface area contributed by atoms with Gasteiger partial charge in [-0.25, -0.2) is 0 Å². The molecule has 0 aromatic rings. The Kier molecular flexibility index (Phi) is 5.65. The SMILES string of the molecule is CSC1(CN[C@@H]2CCC[C@@H](C(F)(F)F)C2)CCOCC1. The maximum atomic E-state index is 12.8. The molecule has 118 valence electrons. The van der Waals surface area contributed by atoms with Crippen LogP contribution in [0.1, 0.15) is 38.5 Å². The van der Waals surface area contributed by atoms with Crippen LogP contribution in [0.2, 0.25) is 0 Å². The fourth-order valence-corrected chi connectivity index (χ4v) is 4.00. The summed E-state index contributed by atoms with van der Waals surface area (Å²) in [5, 5.41) is 3.41. The van der Waals surface area contributed by atoms with Crippen LogP contribution in [0.4, 0.5) is 13.2 Å². The van der Waals surface area contributed by atoms with E-state index in [1.807, 2.05) is 11.8 Å². The number of hydrogen-bond acceptors (Lipinski definition) is 3. The van der Waals surface area contributed by atoms with Gasteiger partial charge in [-0.05, 0) is 38.4 Å². The largest absolute Gasteiger partial charge is 0.391 e. The summed E-state index contributed by atoms with van der Waals surface area (Å²) in [5.74, 6) is -1.12. The highest BCUT2D eigenvalue weighted by atomic mass is 32.2.